The molecular formula is C27H41N7O2. The molecule has 5 heterocycles. The maximum absolute atomic E-state index is 12.9. The molecule has 0 bridgehead atoms. The van der Waals surface area contributed by atoms with Crippen LogP contribution in [0.1, 0.15) is 51.4 Å². The van der Waals surface area contributed by atoms with E-state index in [1.165, 1.54) is 58.3 Å². The average molecular weight is 496 g/mol. The number of carbonyl (C=O) groups is 1. The number of pyridine rings is 1. The van der Waals surface area contributed by atoms with Crippen molar-refractivity contribution in [3.63, 3.8) is 0 Å². The summed E-state index contributed by atoms with van der Waals surface area (Å²) in [5.41, 5.74) is 1.11. The number of nitrogens with zero attached hydrogens (tertiary/aromatic N) is 6. The summed E-state index contributed by atoms with van der Waals surface area (Å²) in [6.45, 7) is 7.97. The first-order valence-electron chi connectivity index (χ1n) is 13.9. The lowest BCUT2D eigenvalue weighted by Gasteiger charge is -2.40. The third kappa shape index (κ3) is 5.72. The second-order valence-electron chi connectivity index (χ2n) is 10.7. The quantitative estimate of drug-likeness (QED) is 0.588. The molecule has 1 N–H and O–H groups in total. The Kier molecular flexibility index (Phi) is 8.16. The Morgan fingerprint density at radius 1 is 1.06 bits per heavy atom. The monoisotopic (exact) mass is 495 g/mol. The van der Waals surface area contributed by atoms with Gasteiger partial charge in [0.05, 0.1) is 5.92 Å². The summed E-state index contributed by atoms with van der Waals surface area (Å²) in [6, 6.07) is 4.48. The van der Waals surface area contributed by atoms with E-state index < -0.39 is 0 Å². The molecule has 3 aliphatic rings. The Hall–Kier alpha value is -2.52. The molecule has 0 saturated carbocycles. The molecule has 3 saturated heterocycles. The summed E-state index contributed by atoms with van der Waals surface area (Å²) >= 11 is 0. The van der Waals surface area contributed by atoms with Crippen LogP contribution in [0.3, 0.4) is 0 Å². The molecule has 9 heteroatoms. The number of carbonyl (C=O) groups excluding carboxylic acids is 1. The van der Waals surface area contributed by atoms with Gasteiger partial charge in [-0.3, -0.25) is 14.2 Å². The van der Waals surface area contributed by atoms with Gasteiger partial charge >= 0.3 is 0 Å². The van der Waals surface area contributed by atoms with Crippen LogP contribution in [0.5, 0.6) is 0 Å². The molecule has 0 radical (unpaired) electrons. The van der Waals surface area contributed by atoms with E-state index in [1.807, 2.05) is 17.0 Å². The second kappa shape index (κ2) is 11.7. The maximum atomic E-state index is 12.9. The number of piperidine rings is 3. The average Bonchev–Trinajstić information content (AvgIpc) is 2.94. The molecule has 0 aromatic carbocycles. The van der Waals surface area contributed by atoms with Crippen molar-refractivity contribution in [3.05, 3.63) is 28.7 Å². The first-order chi connectivity index (χ1) is 17.6. The van der Waals surface area contributed by atoms with E-state index in [-0.39, 0.29) is 17.4 Å². The minimum atomic E-state index is -0.161. The van der Waals surface area contributed by atoms with Crippen molar-refractivity contribution in [1.29, 1.82) is 0 Å². The number of likely N-dealkylation sites (tertiary alicyclic amines) is 2. The Morgan fingerprint density at radius 3 is 2.67 bits per heavy atom. The number of anilines is 1. The van der Waals surface area contributed by atoms with Crippen LogP contribution in [0.25, 0.3) is 11.2 Å². The molecule has 196 valence electrons. The standard InChI is InChI=1S/C27H41N7O2/c1-31-24-23(9-5-12-28-24)30-25(27(31)36)34-17-6-8-21(20-34)26(35)29-13-7-14-32-18-10-22(11-19-32)33-15-3-2-4-16-33/h5,9,12,21-22H,2-4,6-8,10-11,13-20H2,1H3,(H,29,35)/t21-/m1/s1. The third-order valence-corrected chi connectivity index (χ3v) is 8.31. The summed E-state index contributed by atoms with van der Waals surface area (Å²) in [5, 5.41) is 3.17. The van der Waals surface area contributed by atoms with Crippen molar-refractivity contribution < 1.29 is 4.79 Å². The predicted molar refractivity (Wildman–Crippen MR) is 142 cm³/mol. The van der Waals surface area contributed by atoms with Crippen LogP contribution < -0.4 is 15.8 Å². The minimum absolute atomic E-state index is 0.0998. The van der Waals surface area contributed by atoms with Crippen LogP contribution in [-0.2, 0) is 11.8 Å². The second-order valence-corrected chi connectivity index (χ2v) is 10.7. The highest BCUT2D eigenvalue weighted by atomic mass is 16.2. The zero-order valence-corrected chi connectivity index (χ0v) is 21.7. The number of hydrogen-bond donors (Lipinski definition) is 1. The number of rotatable bonds is 7. The lowest BCUT2D eigenvalue weighted by Crippen LogP contribution is -2.47. The molecule has 0 aliphatic carbocycles. The van der Waals surface area contributed by atoms with Gasteiger partial charge in [-0.05, 0) is 89.8 Å². The normalized spacial score (nSPS) is 22.7. The fraction of sp³-hybridized carbons (Fsp3) is 0.704. The Balaban J connectivity index is 1.07. The SMILES string of the molecule is Cn1c(=O)c(N2CCC[C@@H](C(=O)NCCCN3CCC(N4CCCCC4)CC3)C2)nc2cccnc21. The van der Waals surface area contributed by atoms with Gasteiger partial charge in [0.15, 0.2) is 11.5 Å². The van der Waals surface area contributed by atoms with Crippen molar-refractivity contribution in [2.24, 2.45) is 13.0 Å². The first kappa shape index (κ1) is 25.1. The van der Waals surface area contributed by atoms with Crippen LogP contribution in [0.4, 0.5) is 5.82 Å². The van der Waals surface area contributed by atoms with E-state index in [2.05, 4.69) is 25.1 Å². The van der Waals surface area contributed by atoms with E-state index in [9.17, 15) is 9.59 Å². The van der Waals surface area contributed by atoms with E-state index >= 15 is 0 Å². The van der Waals surface area contributed by atoms with Gasteiger partial charge in [0, 0.05) is 38.9 Å². The molecule has 9 nitrogen and oxygen atoms in total. The smallest absolute Gasteiger partial charge is 0.294 e. The first-order valence-corrected chi connectivity index (χ1v) is 13.9. The van der Waals surface area contributed by atoms with Crippen molar-refractivity contribution in [2.75, 3.05) is 57.3 Å². The van der Waals surface area contributed by atoms with Gasteiger partial charge in [-0.15, -0.1) is 0 Å². The summed E-state index contributed by atoms with van der Waals surface area (Å²) in [5.74, 6) is 0.404. The van der Waals surface area contributed by atoms with Gasteiger partial charge in [0.2, 0.25) is 5.91 Å². The van der Waals surface area contributed by atoms with E-state index in [1.54, 1.807) is 17.8 Å². The van der Waals surface area contributed by atoms with E-state index in [4.69, 9.17) is 0 Å². The Labute approximate surface area is 213 Å². The number of aryl methyl sites for hydroxylation is 1. The van der Waals surface area contributed by atoms with Gasteiger partial charge in [0.25, 0.3) is 5.56 Å². The Bertz CT molecular complexity index is 1090. The number of aromatic nitrogens is 3. The van der Waals surface area contributed by atoms with Crippen LogP contribution in [0.2, 0.25) is 0 Å². The van der Waals surface area contributed by atoms with Crippen LogP contribution in [-0.4, -0.2) is 88.6 Å². The van der Waals surface area contributed by atoms with Crippen molar-refractivity contribution >= 4 is 22.9 Å². The van der Waals surface area contributed by atoms with E-state index in [0.717, 1.165) is 38.4 Å². The molecule has 3 fully saturated rings. The number of fused-ring (bicyclic) bond motifs is 1. The van der Waals surface area contributed by atoms with Crippen molar-refractivity contribution in [3.8, 4) is 0 Å². The molecule has 2 aromatic heterocycles. The van der Waals surface area contributed by atoms with Gasteiger partial charge in [0.1, 0.15) is 5.52 Å². The molecule has 1 atom stereocenters. The fourth-order valence-electron chi connectivity index (χ4n) is 6.18. The van der Waals surface area contributed by atoms with Crippen LogP contribution >= 0.6 is 0 Å². The molecule has 0 unspecified atom stereocenters. The molecule has 5 rings (SSSR count). The largest absolute Gasteiger partial charge is 0.356 e. The maximum Gasteiger partial charge on any atom is 0.294 e. The summed E-state index contributed by atoms with van der Waals surface area (Å²) in [7, 11) is 1.73. The molecule has 2 aromatic rings. The highest BCUT2D eigenvalue weighted by molar-refractivity contribution is 5.79. The molecule has 36 heavy (non-hydrogen) atoms. The van der Waals surface area contributed by atoms with Gasteiger partial charge in [-0.1, -0.05) is 6.42 Å². The minimum Gasteiger partial charge on any atom is -0.356 e. The summed E-state index contributed by atoms with van der Waals surface area (Å²) in [6.07, 6.45) is 11.1. The van der Waals surface area contributed by atoms with Crippen LogP contribution in [0, 0.1) is 5.92 Å². The zero-order valence-electron chi connectivity index (χ0n) is 21.7. The topological polar surface area (TPSA) is 86.6 Å². The zero-order chi connectivity index (χ0) is 24.9. The molecule has 1 amide bonds. The van der Waals surface area contributed by atoms with Gasteiger partial charge in [-0.25, -0.2) is 9.97 Å². The fourth-order valence-corrected chi connectivity index (χ4v) is 6.18. The van der Waals surface area contributed by atoms with Crippen molar-refractivity contribution in [2.45, 2.75) is 57.4 Å². The number of hydrogen-bond acceptors (Lipinski definition) is 7. The highest BCUT2D eigenvalue weighted by Crippen LogP contribution is 2.22. The third-order valence-electron chi connectivity index (χ3n) is 8.31. The lowest BCUT2D eigenvalue weighted by atomic mass is 9.97. The molecular weight excluding hydrogens is 454 g/mol. The molecule has 3 aliphatic heterocycles. The number of amides is 1. The van der Waals surface area contributed by atoms with E-state index in [0.29, 0.717) is 30.1 Å². The van der Waals surface area contributed by atoms with Gasteiger partial charge < -0.3 is 20.0 Å². The predicted octanol–water partition coefficient (Wildman–Crippen LogP) is 2.00. The lowest BCUT2D eigenvalue weighted by molar-refractivity contribution is -0.125. The summed E-state index contributed by atoms with van der Waals surface area (Å²) in [4.78, 5) is 42.0. The van der Waals surface area contributed by atoms with Crippen molar-refractivity contribution in [1.82, 2.24) is 29.7 Å². The Morgan fingerprint density at radius 2 is 1.86 bits per heavy atom. The summed E-state index contributed by atoms with van der Waals surface area (Å²) < 4.78 is 1.55. The van der Waals surface area contributed by atoms with Gasteiger partial charge in [-0.2, -0.15) is 0 Å². The van der Waals surface area contributed by atoms with Crippen LogP contribution in [0.15, 0.2) is 23.1 Å². The molecule has 0 spiro atoms. The number of nitrogens with one attached hydrogen (secondary N) is 1. The highest BCUT2D eigenvalue weighted by Gasteiger charge is 2.29.